The number of aliphatic hydroxyl groups is 1. The Morgan fingerprint density at radius 1 is 1.33 bits per heavy atom. The number of hydrogen-bond donors (Lipinski definition) is 2. The van der Waals surface area contributed by atoms with Crippen LogP contribution in [0.2, 0.25) is 0 Å². The van der Waals surface area contributed by atoms with Crippen LogP contribution in [0.1, 0.15) is 12.8 Å². The van der Waals surface area contributed by atoms with Gasteiger partial charge in [0.25, 0.3) is 0 Å². The minimum absolute atomic E-state index is 0.160. The van der Waals surface area contributed by atoms with Crippen molar-refractivity contribution in [2.75, 3.05) is 12.4 Å². The van der Waals surface area contributed by atoms with Crippen LogP contribution in [0.15, 0.2) is 30.5 Å². The zero-order valence-corrected chi connectivity index (χ0v) is 10.3. The highest BCUT2D eigenvalue weighted by Gasteiger charge is 2.27. The normalized spacial score (nSPS) is 22.6. The monoisotopic (exact) mass is 244 g/mol. The molecule has 0 spiro atoms. The number of rotatable bonds is 3. The van der Waals surface area contributed by atoms with Crippen molar-refractivity contribution < 1.29 is 9.84 Å². The molecule has 0 aliphatic heterocycles. The molecule has 94 valence electrons. The molecule has 4 heteroatoms. The van der Waals surface area contributed by atoms with Gasteiger partial charge in [-0.15, -0.1) is 0 Å². The average molecular weight is 244 g/mol. The standard InChI is InChI=1S/C14H16N2O2/c1-18-12-3-2-9-4-5-15-14(13(9)8-12)16-10-6-11(17)7-10/h2-5,8,10-11,17H,6-7H2,1H3,(H,15,16). The second kappa shape index (κ2) is 4.46. The third-order valence-corrected chi connectivity index (χ3v) is 3.43. The summed E-state index contributed by atoms with van der Waals surface area (Å²) in [6.07, 6.45) is 3.23. The summed E-state index contributed by atoms with van der Waals surface area (Å²) in [6.45, 7) is 0. The zero-order chi connectivity index (χ0) is 12.5. The summed E-state index contributed by atoms with van der Waals surface area (Å²) in [5, 5.41) is 14.9. The van der Waals surface area contributed by atoms with Crippen LogP contribution in [0.4, 0.5) is 5.82 Å². The first kappa shape index (κ1) is 11.3. The minimum atomic E-state index is -0.160. The molecule has 2 aromatic rings. The third kappa shape index (κ3) is 1.99. The predicted octanol–water partition coefficient (Wildman–Crippen LogP) is 2.18. The van der Waals surface area contributed by atoms with Gasteiger partial charge in [-0.3, -0.25) is 0 Å². The molecule has 3 rings (SSSR count). The molecule has 1 aromatic heterocycles. The van der Waals surface area contributed by atoms with Crippen molar-refractivity contribution in [1.82, 2.24) is 4.98 Å². The number of anilines is 1. The van der Waals surface area contributed by atoms with Crippen molar-refractivity contribution in [3.05, 3.63) is 30.5 Å². The summed E-state index contributed by atoms with van der Waals surface area (Å²) < 4.78 is 5.24. The van der Waals surface area contributed by atoms with E-state index < -0.39 is 0 Å². The maximum atomic E-state index is 9.31. The quantitative estimate of drug-likeness (QED) is 0.869. The molecule has 1 saturated carbocycles. The lowest BCUT2D eigenvalue weighted by Crippen LogP contribution is -2.39. The molecule has 0 saturated heterocycles. The average Bonchev–Trinajstić information content (AvgIpc) is 2.37. The second-order valence-corrected chi connectivity index (χ2v) is 4.71. The van der Waals surface area contributed by atoms with Crippen molar-refractivity contribution in [2.24, 2.45) is 0 Å². The fraction of sp³-hybridized carbons (Fsp3) is 0.357. The SMILES string of the molecule is COc1ccc2ccnc(NC3CC(O)C3)c2c1. The molecular formula is C14H16N2O2. The van der Waals surface area contributed by atoms with Crippen LogP contribution < -0.4 is 10.1 Å². The fourth-order valence-corrected chi connectivity index (χ4v) is 2.29. The molecule has 0 unspecified atom stereocenters. The molecule has 2 N–H and O–H groups in total. The number of hydrogen-bond acceptors (Lipinski definition) is 4. The Balaban J connectivity index is 1.94. The van der Waals surface area contributed by atoms with Gasteiger partial charge in [0.05, 0.1) is 13.2 Å². The molecule has 1 heterocycles. The molecule has 1 aromatic carbocycles. The van der Waals surface area contributed by atoms with E-state index in [1.807, 2.05) is 24.3 Å². The highest BCUT2D eigenvalue weighted by molar-refractivity contribution is 5.92. The largest absolute Gasteiger partial charge is 0.497 e. The number of aromatic nitrogens is 1. The van der Waals surface area contributed by atoms with Gasteiger partial charge in [-0.05, 0) is 36.4 Å². The van der Waals surface area contributed by atoms with Crippen molar-refractivity contribution in [2.45, 2.75) is 25.0 Å². The lowest BCUT2D eigenvalue weighted by atomic mass is 9.89. The Bertz CT molecular complexity index is 565. The Morgan fingerprint density at radius 2 is 2.17 bits per heavy atom. The number of nitrogens with zero attached hydrogens (tertiary/aromatic N) is 1. The summed E-state index contributed by atoms with van der Waals surface area (Å²) in [7, 11) is 1.66. The number of ether oxygens (including phenoxy) is 1. The number of benzene rings is 1. The number of aliphatic hydroxyl groups excluding tert-OH is 1. The van der Waals surface area contributed by atoms with E-state index in [-0.39, 0.29) is 6.10 Å². The van der Waals surface area contributed by atoms with Crippen molar-refractivity contribution >= 4 is 16.6 Å². The van der Waals surface area contributed by atoms with Gasteiger partial charge in [-0.25, -0.2) is 4.98 Å². The van der Waals surface area contributed by atoms with E-state index in [0.717, 1.165) is 35.2 Å². The highest BCUT2D eigenvalue weighted by atomic mass is 16.5. The van der Waals surface area contributed by atoms with Gasteiger partial charge in [-0.1, -0.05) is 6.07 Å². The van der Waals surface area contributed by atoms with Crippen LogP contribution in [0.5, 0.6) is 5.75 Å². The maximum Gasteiger partial charge on any atom is 0.134 e. The van der Waals surface area contributed by atoms with E-state index in [4.69, 9.17) is 4.74 Å². The Hall–Kier alpha value is -1.81. The smallest absolute Gasteiger partial charge is 0.134 e. The number of fused-ring (bicyclic) bond motifs is 1. The maximum absolute atomic E-state index is 9.31. The summed E-state index contributed by atoms with van der Waals surface area (Å²) in [5.41, 5.74) is 0. The Morgan fingerprint density at radius 3 is 2.89 bits per heavy atom. The third-order valence-electron chi connectivity index (χ3n) is 3.43. The van der Waals surface area contributed by atoms with Crippen LogP contribution in [0.25, 0.3) is 10.8 Å². The summed E-state index contributed by atoms with van der Waals surface area (Å²) >= 11 is 0. The first-order chi connectivity index (χ1) is 8.76. The molecule has 1 aliphatic rings. The topological polar surface area (TPSA) is 54.4 Å². The van der Waals surface area contributed by atoms with Crippen molar-refractivity contribution in [1.29, 1.82) is 0 Å². The van der Waals surface area contributed by atoms with E-state index in [0.29, 0.717) is 6.04 Å². The van der Waals surface area contributed by atoms with E-state index >= 15 is 0 Å². The molecule has 0 atom stereocenters. The van der Waals surface area contributed by atoms with Gasteiger partial charge in [0.15, 0.2) is 0 Å². The fourth-order valence-electron chi connectivity index (χ4n) is 2.29. The molecule has 0 amide bonds. The Kier molecular flexibility index (Phi) is 2.80. The molecule has 0 bridgehead atoms. The van der Waals surface area contributed by atoms with E-state index in [2.05, 4.69) is 10.3 Å². The lowest BCUT2D eigenvalue weighted by molar-refractivity contribution is 0.0836. The van der Waals surface area contributed by atoms with Gasteiger partial charge in [0.2, 0.25) is 0 Å². The molecule has 1 aliphatic carbocycles. The first-order valence-corrected chi connectivity index (χ1v) is 6.13. The summed E-state index contributed by atoms with van der Waals surface area (Å²) in [6, 6.07) is 8.26. The number of methoxy groups -OCH3 is 1. The molecule has 0 radical (unpaired) electrons. The van der Waals surface area contributed by atoms with Gasteiger partial charge >= 0.3 is 0 Å². The predicted molar refractivity (Wildman–Crippen MR) is 70.9 cm³/mol. The first-order valence-electron chi connectivity index (χ1n) is 6.13. The van der Waals surface area contributed by atoms with Crippen LogP contribution in [-0.2, 0) is 0 Å². The van der Waals surface area contributed by atoms with Crippen molar-refractivity contribution in [3.8, 4) is 5.75 Å². The van der Waals surface area contributed by atoms with Crippen molar-refractivity contribution in [3.63, 3.8) is 0 Å². The molecule has 4 nitrogen and oxygen atoms in total. The number of pyridine rings is 1. The van der Waals surface area contributed by atoms with Gasteiger partial charge in [0.1, 0.15) is 11.6 Å². The molecule has 18 heavy (non-hydrogen) atoms. The van der Waals surface area contributed by atoms with Gasteiger partial charge in [-0.2, -0.15) is 0 Å². The summed E-state index contributed by atoms with van der Waals surface area (Å²) in [5.74, 6) is 1.69. The zero-order valence-electron chi connectivity index (χ0n) is 10.3. The number of nitrogens with one attached hydrogen (secondary N) is 1. The molecular weight excluding hydrogens is 228 g/mol. The Labute approximate surface area is 106 Å². The van der Waals surface area contributed by atoms with Crippen LogP contribution >= 0.6 is 0 Å². The minimum Gasteiger partial charge on any atom is -0.497 e. The van der Waals surface area contributed by atoms with E-state index in [1.165, 1.54) is 0 Å². The van der Waals surface area contributed by atoms with Crippen LogP contribution in [0, 0.1) is 0 Å². The highest BCUT2D eigenvalue weighted by Crippen LogP contribution is 2.29. The lowest BCUT2D eigenvalue weighted by Gasteiger charge is -2.32. The van der Waals surface area contributed by atoms with E-state index in [9.17, 15) is 5.11 Å². The second-order valence-electron chi connectivity index (χ2n) is 4.71. The summed E-state index contributed by atoms with van der Waals surface area (Å²) in [4.78, 5) is 4.38. The van der Waals surface area contributed by atoms with E-state index in [1.54, 1.807) is 13.3 Å². The molecule has 1 fully saturated rings. The van der Waals surface area contributed by atoms with Gasteiger partial charge < -0.3 is 15.2 Å². The van der Waals surface area contributed by atoms with Gasteiger partial charge in [0, 0.05) is 17.6 Å². The van der Waals surface area contributed by atoms with Crippen LogP contribution in [-0.4, -0.2) is 29.3 Å². The van der Waals surface area contributed by atoms with Crippen LogP contribution in [0.3, 0.4) is 0 Å².